The molecule has 0 aliphatic carbocycles. The first-order valence-corrected chi connectivity index (χ1v) is 8.23. The zero-order valence-corrected chi connectivity index (χ0v) is 14.5. The van der Waals surface area contributed by atoms with Gasteiger partial charge in [0.2, 0.25) is 0 Å². The van der Waals surface area contributed by atoms with Gasteiger partial charge in [0.05, 0.1) is 0 Å². The maximum atomic E-state index is 5.89. The topological polar surface area (TPSA) is 9.23 Å². The minimum atomic E-state index is 0.0179. The number of hydrogen-bond donors (Lipinski definition) is 0. The quantitative estimate of drug-likeness (QED) is 0.554. The first-order valence-electron chi connectivity index (χ1n) is 8.23. The summed E-state index contributed by atoms with van der Waals surface area (Å²) in [6, 6.07) is 22.7. The van der Waals surface area contributed by atoms with E-state index >= 15 is 0 Å². The van der Waals surface area contributed by atoms with Crippen LogP contribution < -0.4 is 4.74 Å². The number of hydrogen-bond acceptors (Lipinski definition) is 1. The zero-order chi connectivity index (χ0) is 17.0. The van der Waals surface area contributed by atoms with E-state index < -0.39 is 0 Å². The molecule has 0 bridgehead atoms. The van der Waals surface area contributed by atoms with E-state index in [1.807, 2.05) is 24.3 Å². The van der Waals surface area contributed by atoms with Crippen LogP contribution in [-0.4, -0.2) is 0 Å². The minimum Gasteiger partial charge on any atom is -0.489 e. The maximum absolute atomic E-state index is 5.89. The van der Waals surface area contributed by atoms with Gasteiger partial charge < -0.3 is 4.74 Å². The highest BCUT2D eigenvalue weighted by atomic mass is 16.5. The summed E-state index contributed by atoms with van der Waals surface area (Å²) in [5, 5.41) is 2.35. The number of benzene rings is 3. The second kappa shape index (κ2) is 6.81. The van der Waals surface area contributed by atoms with Crippen molar-refractivity contribution >= 4 is 10.8 Å². The Morgan fingerprint density at radius 1 is 0.833 bits per heavy atom. The highest BCUT2D eigenvalue weighted by Gasteiger charge is 2.04. The second-order valence-corrected chi connectivity index (χ2v) is 7.00. The summed E-state index contributed by atoms with van der Waals surface area (Å²) < 4.78 is 5.89. The summed E-state index contributed by atoms with van der Waals surface area (Å²) in [7, 11) is 0. The van der Waals surface area contributed by atoms with Gasteiger partial charge >= 0.3 is 0 Å². The van der Waals surface area contributed by atoms with Crippen LogP contribution in [0.15, 0.2) is 66.7 Å². The lowest BCUT2D eigenvalue weighted by Crippen LogP contribution is -1.99. The van der Waals surface area contributed by atoms with Crippen molar-refractivity contribution < 1.29 is 4.74 Å². The Hall–Kier alpha value is -2.72. The highest BCUT2D eigenvalue weighted by Crippen LogP contribution is 2.23. The van der Waals surface area contributed by atoms with Crippen LogP contribution in [0.5, 0.6) is 5.75 Å². The van der Waals surface area contributed by atoms with Crippen LogP contribution in [0.3, 0.4) is 0 Å². The fourth-order valence-corrected chi connectivity index (χ4v) is 2.39. The SMILES string of the molecule is CC(C)(C)C#Cc1ccc2cc(OCc3ccccc3)ccc2c1. The summed E-state index contributed by atoms with van der Waals surface area (Å²) in [4.78, 5) is 0. The van der Waals surface area contributed by atoms with Crippen molar-refractivity contribution in [3.05, 3.63) is 77.9 Å². The summed E-state index contributed by atoms with van der Waals surface area (Å²) in [5.41, 5.74) is 2.24. The molecule has 3 rings (SSSR count). The van der Waals surface area contributed by atoms with E-state index in [0.717, 1.165) is 11.3 Å². The van der Waals surface area contributed by atoms with Gasteiger partial charge in [-0.1, -0.05) is 54.3 Å². The Balaban J connectivity index is 1.78. The van der Waals surface area contributed by atoms with Gasteiger partial charge in [-0.3, -0.25) is 0 Å². The van der Waals surface area contributed by atoms with E-state index in [2.05, 4.69) is 75.1 Å². The predicted octanol–water partition coefficient (Wildman–Crippen LogP) is 5.82. The molecule has 0 aliphatic heterocycles. The number of ether oxygens (including phenoxy) is 1. The monoisotopic (exact) mass is 314 g/mol. The van der Waals surface area contributed by atoms with Crippen molar-refractivity contribution in [1.82, 2.24) is 0 Å². The van der Waals surface area contributed by atoms with Crippen molar-refractivity contribution in [2.45, 2.75) is 27.4 Å². The third-order valence-electron chi connectivity index (χ3n) is 3.64. The molecule has 0 spiro atoms. The van der Waals surface area contributed by atoms with E-state index in [0.29, 0.717) is 6.61 Å². The van der Waals surface area contributed by atoms with Crippen molar-refractivity contribution in [2.75, 3.05) is 0 Å². The van der Waals surface area contributed by atoms with E-state index in [4.69, 9.17) is 4.74 Å². The van der Waals surface area contributed by atoms with Crippen LogP contribution in [0, 0.1) is 17.3 Å². The summed E-state index contributed by atoms with van der Waals surface area (Å²) in [6.45, 7) is 6.95. The average molecular weight is 314 g/mol. The molecule has 0 heterocycles. The van der Waals surface area contributed by atoms with Crippen LogP contribution in [0.25, 0.3) is 10.8 Å². The standard InChI is InChI=1S/C23H22O/c1-23(2,3)14-13-18-9-10-21-16-22(12-11-20(21)15-18)24-17-19-7-5-4-6-8-19/h4-12,15-16H,17H2,1-3H3. The Morgan fingerprint density at radius 3 is 2.29 bits per heavy atom. The Kier molecular flexibility index (Phi) is 4.58. The molecule has 0 atom stereocenters. The third kappa shape index (κ3) is 4.40. The molecule has 0 N–H and O–H groups in total. The molecule has 0 aliphatic rings. The number of fused-ring (bicyclic) bond motifs is 1. The highest BCUT2D eigenvalue weighted by molar-refractivity contribution is 5.85. The van der Waals surface area contributed by atoms with E-state index in [-0.39, 0.29) is 5.41 Å². The normalized spacial score (nSPS) is 11.0. The molecular weight excluding hydrogens is 292 g/mol. The second-order valence-electron chi connectivity index (χ2n) is 7.00. The first-order chi connectivity index (χ1) is 11.5. The zero-order valence-electron chi connectivity index (χ0n) is 14.5. The van der Waals surface area contributed by atoms with E-state index in [1.165, 1.54) is 16.3 Å². The van der Waals surface area contributed by atoms with Crippen LogP contribution in [0.2, 0.25) is 0 Å². The molecule has 0 fully saturated rings. The summed E-state index contributed by atoms with van der Waals surface area (Å²) in [6.07, 6.45) is 0. The van der Waals surface area contributed by atoms with Gasteiger partial charge in [0, 0.05) is 11.0 Å². The van der Waals surface area contributed by atoms with Gasteiger partial charge in [-0.05, 0) is 61.4 Å². The van der Waals surface area contributed by atoms with Crippen LogP contribution in [-0.2, 0) is 6.61 Å². The fourth-order valence-electron chi connectivity index (χ4n) is 2.39. The Labute approximate surface area is 144 Å². The van der Waals surface area contributed by atoms with Gasteiger partial charge in [0.15, 0.2) is 0 Å². The molecule has 0 aromatic heterocycles. The average Bonchev–Trinajstić information content (AvgIpc) is 2.58. The molecular formula is C23H22O. The van der Waals surface area contributed by atoms with Gasteiger partial charge in [-0.2, -0.15) is 0 Å². The molecule has 0 radical (unpaired) electrons. The maximum Gasteiger partial charge on any atom is 0.120 e. The molecule has 1 nitrogen and oxygen atoms in total. The lowest BCUT2D eigenvalue weighted by atomic mass is 9.97. The smallest absolute Gasteiger partial charge is 0.120 e. The molecule has 0 saturated carbocycles. The van der Waals surface area contributed by atoms with Crippen molar-refractivity contribution in [3.63, 3.8) is 0 Å². The van der Waals surface area contributed by atoms with Crippen LogP contribution in [0.4, 0.5) is 0 Å². The third-order valence-corrected chi connectivity index (χ3v) is 3.64. The first kappa shape index (κ1) is 16.1. The molecule has 1 heteroatoms. The molecule has 0 unspecified atom stereocenters. The molecule has 120 valence electrons. The van der Waals surface area contributed by atoms with Crippen LogP contribution >= 0.6 is 0 Å². The van der Waals surface area contributed by atoms with Gasteiger partial charge in [-0.15, -0.1) is 0 Å². The Bertz CT molecular complexity index is 890. The van der Waals surface area contributed by atoms with Crippen molar-refractivity contribution in [2.24, 2.45) is 5.41 Å². The lowest BCUT2D eigenvalue weighted by molar-refractivity contribution is 0.306. The molecule has 24 heavy (non-hydrogen) atoms. The largest absolute Gasteiger partial charge is 0.489 e. The minimum absolute atomic E-state index is 0.0179. The molecule has 0 amide bonds. The van der Waals surface area contributed by atoms with Gasteiger partial charge in [0.25, 0.3) is 0 Å². The van der Waals surface area contributed by atoms with Crippen molar-refractivity contribution in [1.29, 1.82) is 0 Å². The Morgan fingerprint density at radius 2 is 1.54 bits per heavy atom. The number of rotatable bonds is 3. The van der Waals surface area contributed by atoms with E-state index in [9.17, 15) is 0 Å². The van der Waals surface area contributed by atoms with Gasteiger partial charge in [0.1, 0.15) is 12.4 Å². The summed E-state index contributed by atoms with van der Waals surface area (Å²) >= 11 is 0. The summed E-state index contributed by atoms with van der Waals surface area (Å²) in [5.74, 6) is 7.42. The molecule has 3 aromatic rings. The molecule has 0 saturated heterocycles. The molecule has 3 aromatic carbocycles. The van der Waals surface area contributed by atoms with Crippen molar-refractivity contribution in [3.8, 4) is 17.6 Å². The van der Waals surface area contributed by atoms with E-state index in [1.54, 1.807) is 0 Å². The van der Waals surface area contributed by atoms with Crippen LogP contribution in [0.1, 0.15) is 31.9 Å². The van der Waals surface area contributed by atoms with Gasteiger partial charge in [-0.25, -0.2) is 0 Å². The predicted molar refractivity (Wildman–Crippen MR) is 101 cm³/mol. The lowest BCUT2D eigenvalue weighted by Gasteiger charge is -2.08. The fraction of sp³-hybridized carbons (Fsp3) is 0.217.